The van der Waals surface area contributed by atoms with E-state index in [2.05, 4.69) is 5.32 Å². The highest BCUT2D eigenvalue weighted by Gasteiger charge is 2.07. The molecule has 0 fully saturated rings. The highest BCUT2D eigenvalue weighted by molar-refractivity contribution is 6.17. The summed E-state index contributed by atoms with van der Waals surface area (Å²) in [5.41, 5.74) is 1.43. The summed E-state index contributed by atoms with van der Waals surface area (Å²) >= 11 is 5.63. The Morgan fingerprint density at radius 3 is 2.47 bits per heavy atom. The van der Waals surface area contributed by atoms with Gasteiger partial charge in [-0.25, -0.2) is 0 Å². The molecule has 4 nitrogen and oxygen atoms in total. The molecule has 5 heteroatoms. The fourth-order valence-electron chi connectivity index (χ4n) is 1.21. The van der Waals surface area contributed by atoms with E-state index in [1.165, 1.54) is 0 Å². The van der Waals surface area contributed by atoms with Gasteiger partial charge in [0.1, 0.15) is 6.54 Å². The number of benzene rings is 1. The van der Waals surface area contributed by atoms with Gasteiger partial charge < -0.3 is 10.1 Å². The topological polar surface area (TPSA) is 55.4 Å². The standard InChI is InChI=1S/C12H14ClNO3/c1-2-17-11(15)8-14-12(16)10-5-3-9(7-13)4-6-10/h3-6H,2,7-8H2,1H3,(H,14,16). The minimum atomic E-state index is -0.446. The predicted molar refractivity (Wildman–Crippen MR) is 65.0 cm³/mol. The zero-order valence-corrected chi connectivity index (χ0v) is 10.3. The number of nitrogens with one attached hydrogen (secondary N) is 1. The van der Waals surface area contributed by atoms with Gasteiger partial charge in [0.15, 0.2) is 0 Å². The summed E-state index contributed by atoms with van der Waals surface area (Å²) < 4.78 is 4.69. The first-order chi connectivity index (χ1) is 8.17. The predicted octanol–water partition coefficient (Wildman–Crippen LogP) is 1.72. The smallest absolute Gasteiger partial charge is 0.325 e. The minimum absolute atomic E-state index is 0.121. The van der Waals surface area contributed by atoms with Crippen molar-refractivity contribution in [2.45, 2.75) is 12.8 Å². The summed E-state index contributed by atoms with van der Waals surface area (Å²) in [4.78, 5) is 22.6. The van der Waals surface area contributed by atoms with Crippen molar-refractivity contribution in [3.05, 3.63) is 35.4 Å². The van der Waals surface area contributed by atoms with Crippen molar-refractivity contribution in [2.75, 3.05) is 13.2 Å². The molecule has 1 amide bonds. The molecule has 1 aromatic rings. The lowest BCUT2D eigenvalue weighted by Crippen LogP contribution is -2.30. The summed E-state index contributed by atoms with van der Waals surface area (Å²) in [6.07, 6.45) is 0. The molecular weight excluding hydrogens is 242 g/mol. The average molecular weight is 256 g/mol. The Kier molecular flexibility index (Phi) is 5.49. The average Bonchev–Trinajstić information content (AvgIpc) is 2.36. The lowest BCUT2D eigenvalue weighted by atomic mass is 10.1. The molecule has 0 aromatic heterocycles. The number of carbonyl (C=O) groups is 2. The van der Waals surface area contributed by atoms with Crippen LogP contribution in [-0.2, 0) is 15.4 Å². The van der Waals surface area contributed by atoms with Crippen LogP contribution in [0.25, 0.3) is 0 Å². The second kappa shape index (κ2) is 6.91. The van der Waals surface area contributed by atoms with Crippen LogP contribution in [0.2, 0.25) is 0 Å². The minimum Gasteiger partial charge on any atom is -0.465 e. The molecule has 0 spiro atoms. The second-order valence-electron chi connectivity index (χ2n) is 3.32. The maximum atomic E-state index is 11.6. The van der Waals surface area contributed by atoms with Crippen LogP contribution in [-0.4, -0.2) is 25.0 Å². The highest BCUT2D eigenvalue weighted by Crippen LogP contribution is 2.06. The SMILES string of the molecule is CCOC(=O)CNC(=O)c1ccc(CCl)cc1. The Balaban J connectivity index is 2.49. The molecule has 0 aliphatic heterocycles. The zero-order chi connectivity index (χ0) is 12.7. The van der Waals surface area contributed by atoms with Gasteiger partial charge in [0.2, 0.25) is 0 Å². The number of hydrogen-bond acceptors (Lipinski definition) is 3. The summed E-state index contributed by atoms with van der Waals surface area (Å²) in [5.74, 6) is -0.345. The third-order valence-corrected chi connectivity index (χ3v) is 2.38. The van der Waals surface area contributed by atoms with Gasteiger partial charge in [0.25, 0.3) is 5.91 Å². The number of carbonyl (C=O) groups excluding carboxylic acids is 2. The van der Waals surface area contributed by atoms with Crippen molar-refractivity contribution in [3.8, 4) is 0 Å². The first-order valence-corrected chi connectivity index (χ1v) is 5.79. The van der Waals surface area contributed by atoms with E-state index in [4.69, 9.17) is 16.3 Å². The third-order valence-electron chi connectivity index (χ3n) is 2.07. The number of hydrogen-bond donors (Lipinski definition) is 1. The maximum Gasteiger partial charge on any atom is 0.325 e. The van der Waals surface area contributed by atoms with Crippen LogP contribution in [0.1, 0.15) is 22.8 Å². The Bertz CT molecular complexity index is 389. The lowest BCUT2D eigenvalue weighted by Gasteiger charge is -2.05. The van der Waals surface area contributed by atoms with E-state index < -0.39 is 5.97 Å². The van der Waals surface area contributed by atoms with Crippen molar-refractivity contribution in [3.63, 3.8) is 0 Å². The molecule has 0 saturated heterocycles. The van der Waals surface area contributed by atoms with Crippen molar-refractivity contribution in [2.24, 2.45) is 0 Å². The van der Waals surface area contributed by atoms with Crippen LogP contribution < -0.4 is 5.32 Å². The second-order valence-corrected chi connectivity index (χ2v) is 3.59. The van der Waals surface area contributed by atoms with Crippen molar-refractivity contribution in [1.29, 1.82) is 0 Å². The highest BCUT2D eigenvalue weighted by atomic mass is 35.5. The summed E-state index contributed by atoms with van der Waals surface area (Å²) in [7, 11) is 0. The number of esters is 1. The van der Waals surface area contributed by atoms with E-state index in [9.17, 15) is 9.59 Å². The van der Waals surface area contributed by atoms with Crippen molar-refractivity contribution in [1.82, 2.24) is 5.32 Å². The fourth-order valence-corrected chi connectivity index (χ4v) is 1.39. The van der Waals surface area contributed by atoms with E-state index in [1.54, 1.807) is 31.2 Å². The van der Waals surface area contributed by atoms with Gasteiger partial charge in [-0.05, 0) is 24.6 Å². The van der Waals surface area contributed by atoms with E-state index in [0.717, 1.165) is 5.56 Å². The van der Waals surface area contributed by atoms with Crippen LogP contribution in [0.4, 0.5) is 0 Å². The summed E-state index contributed by atoms with van der Waals surface area (Å²) in [5, 5.41) is 2.47. The van der Waals surface area contributed by atoms with Gasteiger partial charge in [0.05, 0.1) is 6.61 Å². The molecule has 92 valence electrons. The molecule has 0 atom stereocenters. The van der Waals surface area contributed by atoms with E-state index in [-0.39, 0.29) is 12.5 Å². The molecule has 0 aliphatic carbocycles. The number of amides is 1. The summed E-state index contributed by atoms with van der Waals surface area (Å²) in [6, 6.07) is 6.87. The zero-order valence-electron chi connectivity index (χ0n) is 9.53. The van der Waals surface area contributed by atoms with E-state index in [1.807, 2.05) is 0 Å². The number of halogens is 1. The quantitative estimate of drug-likeness (QED) is 0.644. The first kappa shape index (κ1) is 13.5. The number of alkyl halides is 1. The molecule has 1 N–H and O–H groups in total. The normalized spacial score (nSPS) is 9.76. The summed E-state index contributed by atoms with van der Waals surface area (Å²) in [6.45, 7) is 1.90. The number of rotatable bonds is 5. The number of ether oxygens (including phenoxy) is 1. The first-order valence-electron chi connectivity index (χ1n) is 5.26. The van der Waals surface area contributed by atoms with E-state index in [0.29, 0.717) is 18.1 Å². The fraction of sp³-hybridized carbons (Fsp3) is 0.333. The molecule has 0 heterocycles. The molecule has 0 saturated carbocycles. The Hall–Kier alpha value is -1.55. The van der Waals surface area contributed by atoms with Gasteiger partial charge >= 0.3 is 5.97 Å². The molecule has 17 heavy (non-hydrogen) atoms. The Labute approximate surface area is 105 Å². The Morgan fingerprint density at radius 2 is 1.94 bits per heavy atom. The van der Waals surface area contributed by atoms with Gasteiger partial charge in [-0.3, -0.25) is 9.59 Å². The van der Waals surface area contributed by atoms with Gasteiger partial charge in [-0.1, -0.05) is 12.1 Å². The van der Waals surface area contributed by atoms with Crippen LogP contribution >= 0.6 is 11.6 Å². The van der Waals surface area contributed by atoms with E-state index >= 15 is 0 Å². The van der Waals surface area contributed by atoms with Crippen LogP contribution in [0, 0.1) is 0 Å². The lowest BCUT2D eigenvalue weighted by molar-refractivity contribution is -0.141. The van der Waals surface area contributed by atoms with Gasteiger partial charge in [-0.2, -0.15) is 0 Å². The molecule has 0 aliphatic rings. The molecule has 0 bridgehead atoms. The molecule has 1 aromatic carbocycles. The monoisotopic (exact) mass is 255 g/mol. The maximum absolute atomic E-state index is 11.6. The molecular formula is C12H14ClNO3. The van der Waals surface area contributed by atoms with Gasteiger partial charge in [-0.15, -0.1) is 11.6 Å². The van der Waals surface area contributed by atoms with Crippen molar-refractivity contribution >= 4 is 23.5 Å². The largest absolute Gasteiger partial charge is 0.465 e. The van der Waals surface area contributed by atoms with Crippen molar-refractivity contribution < 1.29 is 14.3 Å². The molecule has 1 rings (SSSR count). The van der Waals surface area contributed by atoms with Crippen LogP contribution in [0.5, 0.6) is 0 Å². The molecule has 0 unspecified atom stereocenters. The Morgan fingerprint density at radius 1 is 1.29 bits per heavy atom. The molecule has 0 radical (unpaired) electrons. The third kappa shape index (κ3) is 4.44. The van der Waals surface area contributed by atoms with Crippen LogP contribution in [0.15, 0.2) is 24.3 Å². The van der Waals surface area contributed by atoms with Gasteiger partial charge in [0, 0.05) is 11.4 Å². The van der Waals surface area contributed by atoms with Crippen LogP contribution in [0.3, 0.4) is 0 Å².